The Morgan fingerprint density at radius 2 is 1.07 bits per heavy atom. The van der Waals surface area contributed by atoms with Crippen LogP contribution in [0.5, 0.6) is 0 Å². The van der Waals surface area contributed by atoms with Gasteiger partial charge in [0.05, 0.1) is 16.1 Å². The van der Waals surface area contributed by atoms with Gasteiger partial charge in [-0.3, -0.25) is 0 Å². The van der Waals surface area contributed by atoms with Gasteiger partial charge < -0.3 is 9.87 Å². The first kappa shape index (κ1) is 32.9. The van der Waals surface area contributed by atoms with E-state index in [9.17, 15) is 47.7 Å². The van der Waals surface area contributed by atoms with Crippen molar-refractivity contribution in [1.29, 1.82) is 0 Å². The van der Waals surface area contributed by atoms with Gasteiger partial charge in [-0.15, -0.1) is 0 Å². The number of piperidine rings is 1. The van der Waals surface area contributed by atoms with E-state index in [4.69, 9.17) is 0 Å². The second kappa shape index (κ2) is 12.7. The summed E-state index contributed by atoms with van der Waals surface area (Å²) in [7, 11) is -13.4. The average Bonchev–Trinajstić information content (AvgIpc) is 2.95. The van der Waals surface area contributed by atoms with Crippen molar-refractivity contribution in [3.8, 4) is 0 Å². The number of alkyl halides is 6. The normalized spacial score (nSPS) is 17.0. The SMILES string of the molecule is O=S(=O)([O-])C(F)(F)C(F)(F)C(F)(F)S(=O)(=O)C1CCCNC1.c1ccc([S+](c2ccccc2)c2ccccc2)cc1. The summed E-state index contributed by atoms with van der Waals surface area (Å²) in [5, 5.41) is -13.0. The summed E-state index contributed by atoms with van der Waals surface area (Å²) in [6, 6.07) is 32.2. The molecule has 0 spiro atoms. The highest BCUT2D eigenvalue weighted by atomic mass is 32.2. The van der Waals surface area contributed by atoms with Crippen molar-refractivity contribution < 1.29 is 47.7 Å². The van der Waals surface area contributed by atoms with Crippen LogP contribution in [0.3, 0.4) is 0 Å². The molecular weight excluding hydrogens is 616 g/mol. The number of hydrogen-bond donors (Lipinski definition) is 1. The van der Waals surface area contributed by atoms with Gasteiger partial charge in [-0.2, -0.15) is 26.3 Å². The smallest absolute Gasteiger partial charge is 0.414 e. The molecule has 0 bridgehead atoms. The maximum atomic E-state index is 13.5. The van der Waals surface area contributed by atoms with Crippen LogP contribution in [0, 0.1) is 0 Å². The summed E-state index contributed by atoms with van der Waals surface area (Å²) in [6.45, 7) is -0.483. The van der Waals surface area contributed by atoms with Crippen LogP contribution in [0.4, 0.5) is 26.3 Å². The minimum atomic E-state index is -7.23. The van der Waals surface area contributed by atoms with E-state index in [1.54, 1.807) is 0 Å². The molecule has 15 heteroatoms. The molecule has 1 fully saturated rings. The second-order valence-electron chi connectivity index (χ2n) is 8.82. The van der Waals surface area contributed by atoms with E-state index >= 15 is 0 Å². The molecule has 1 N–H and O–H groups in total. The van der Waals surface area contributed by atoms with Crippen LogP contribution in [0.2, 0.25) is 0 Å². The molecule has 1 aliphatic heterocycles. The van der Waals surface area contributed by atoms with Gasteiger partial charge in [-0.1, -0.05) is 54.6 Å². The third kappa shape index (κ3) is 6.74. The number of hydrogen-bond acceptors (Lipinski definition) is 6. The Bertz CT molecular complexity index is 1390. The van der Waals surface area contributed by atoms with Crippen molar-refractivity contribution >= 4 is 30.9 Å². The van der Waals surface area contributed by atoms with Crippen LogP contribution in [0.1, 0.15) is 12.8 Å². The molecule has 41 heavy (non-hydrogen) atoms. The molecule has 4 rings (SSSR count). The second-order valence-corrected chi connectivity index (χ2v) is 14.5. The lowest BCUT2D eigenvalue weighted by Gasteiger charge is -2.35. The lowest BCUT2D eigenvalue weighted by molar-refractivity contribution is -0.246. The Morgan fingerprint density at radius 3 is 1.39 bits per heavy atom. The lowest BCUT2D eigenvalue weighted by Crippen LogP contribution is -2.63. The maximum Gasteiger partial charge on any atom is 0.414 e. The number of halogens is 6. The van der Waals surface area contributed by atoms with E-state index in [0.29, 0.717) is 0 Å². The van der Waals surface area contributed by atoms with E-state index < -0.39 is 54.6 Å². The molecule has 1 atom stereocenters. The van der Waals surface area contributed by atoms with E-state index in [-0.39, 0.29) is 23.9 Å². The fourth-order valence-electron chi connectivity index (χ4n) is 3.88. The van der Waals surface area contributed by atoms with Crippen LogP contribution in [-0.4, -0.2) is 56.2 Å². The number of benzene rings is 3. The largest absolute Gasteiger partial charge is 0.743 e. The fraction of sp³-hybridized carbons (Fsp3) is 0.308. The molecule has 3 aromatic rings. The van der Waals surface area contributed by atoms with Gasteiger partial charge in [0.2, 0.25) is 9.84 Å². The van der Waals surface area contributed by atoms with Crippen LogP contribution >= 0.6 is 0 Å². The van der Waals surface area contributed by atoms with E-state index in [1.807, 2.05) is 0 Å². The van der Waals surface area contributed by atoms with Crippen LogP contribution < -0.4 is 5.32 Å². The Kier molecular flexibility index (Phi) is 10.2. The van der Waals surface area contributed by atoms with Crippen molar-refractivity contribution in [3.05, 3.63) is 91.0 Å². The Balaban J connectivity index is 0.000000227. The van der Waals surface area contributed by atoms with E-state index in [2.05, 4.69) is 96.3 Å². The fourth-order valence-corrected chi connectivity index (χ4v) is 8.21. The highest BCUT2D eigenvalue weighted by molar-refractivity contribution is 7.97. The van der Waals surface area contributed by atoms with Gasteiger partial charge in [0, 0.05) is 6.54 Å². The summed E-state index contributed by atoms with van der Waals surface area (Å²) in [5.41, 5.74) is 0. The third-order valence-electron chi connectivity index (χ3n) is 6.03. The van der Waals surface area contributed by atoms with Crippen molar-refractivity contribution in [1.82, 2.24) is 5.32 Å². The first-order chi connectivity index (χ1) is 19.1. The van der Waals surface area contributed by atoms with Gasteiger partial charge in [-0.25, -0.2) is 16.8 Å². The zero-order valence-electron chi connectivity index (χ0n) is 21.1. The van der Waals surface area contributed by atoms with Crippen LogP contribution in [-0.2, 0) is 30.9 Å². The van der Waals surface area contributed by atoms with Crippen LogP contribution in [0.15, 0.2) is 106 Å². The molecule has 1 saturated heterocycles. The van der Waals surface area contributed by atoms with Gasteiger partial charge in [0.25, 0.3) is 0 Å². The quantitative estimate of drug-likeness (QED) is 0.204. The summed E-state index contributed by atoms with van der Waals surface area (Å²) in [5.74, 6) is -6.92. The minimum absolute atomic E-state index is 0.00178. The Morgan fingerprint density at radius 1 is 0.683 bits per heavy atom. The van der Waals surface area contributed by atoms with Crippen molar-refractivity contribution in [2.75, 3.05) is 13.1 Å². The molecule has 0 amide bonds. The molecule has 0 saturated carbocycles. The molecule has 1 unspecified atom stereocenters. The van der Waals surface area contributed by atoms with Gasteiger partial charge in [0.15, 0.2) is 24.8 Å². The maximum absolute atomic E-state index is 13.5. The summed E-state index contributed by atoms with van der Waals surface area (Å²) in [4.78, 5) is 4.08. The molecular formula is C26H25F6NO5S3. The number of rotatable bonds is 8. The molecule has 3 aromatic carbocycles. The van der Waals surface area contributed by atoms with E-state index in [1.165, 1.54) is 14.7 Å². The molecule has 6 nitrogen and oxygen atoms in total. The summed E-state index contributed by atoms with van der Waals surface area (Å²) >= 11 is 0. The first-order valence-corrected chi connectivity index (χ1v) is 16.2. The highest BCUT2D eigenvalue weighted by Crippen LogP contribution is 2.51. The van der Waals surface area contributed by atoms with Gasteiger partial charge >= 0.3 is 16.4 Å². The summed E-state index contributed by atoms with van der Waals surface area (Å²) in [6.07, 6.45) is -0.501. The minimum Gasteiger partial charge on any atom is -0.743 e. The zero-order valence-corrected chi connectivity index (χ0v) is 23.5. The number of sulfone groups is 1. The number of nitrogens with one attached hydrogen (secondary N) is 1. The zero-order chi connectivity index (χ0) is 30.5. The lowest BCUT2D eigenvalue weighted by atomic mass is 10.2. The highest BCUT2D eigenvalue weighted by Gasteiger charge is 2.80. The molecule has 0 radical (unpaired) electrons. The molecule has 0 aliphatic carbocycles. The van der Waals surface area contributed by atoms with Crippen molar-refractivity contribution in [2.24, 2.45) is 0 Å². The Hall–Kier alpha value is -2.59. The van der Waals surface area contributed by atoms with Crippen LogP contribution in [0.25, 0.3) is 0 Å². The average molecular weight is 642 g/mol. The molecule has 1 aliphatic rings. The van der Waals surface area contributed by atoms with Gasteiger partial charge in [-0.05, 0) is 55.8 Å². The first-order valence-electron chi connectivity index (χ1n) is 12.0. The van der Waals surface area contributed by atoms with Gasteiger partial charge in [0.1, 0.15) is 0 Å². The molecule has 224 valence electrons. The van der Waals surface area contributed by atoms with Crippen molar-refractivity contribution in [2.45, 2.75) is 49.2 Å². The topological polar surface area (TPSA) is 103 Å². The standard InChI is InChI=1S/C18H15S.C8H11F6NO5S2/c1-4-10-16(11-5-1)19(17-12-6-2-7-13-17)18-14-8-3-9-15-18;9-6(10,8(13,14)22(18,19)20)7(11,12)21(16,17)5-2-1-3-15-4-5/h1-15H;5,15H,1-4H2,(H,18,19,20)/q+1;/p-1. The third-order valence-corrected chi connectivity index (χ3v) is 11.4. The monoisotopic (exact) mass is 641 g/mol. The summed E-state index contributed by atoms with van der Waals surface area (Å²) < 4.78 is 133. The predicted molar refractivity (Wildman–Crippen MR) is 141 cm³/mol. The van der Waals surface area contributed by atoms with Crippen molar-refractivity contribution in [3.63, 3.8) is 0 Å². The Labute approximate surface area is 236 Å². The van der Waals surface area contributed by atoms with E-state index in [0.717, 1.165) is 0 Å². The predicted octanol–water partition coefficient (Wildman–Crippen LogP) is 5.30. The molecule has 1 heterocycles. The molecule has 0 aromatic heterocycles.